The van der Waals surface area contributed by atoms with E-state index in [2.05, 4.69) is 29.6 Å². The molecule has 3 rings (SSSR count). The van der Waals surface area contributed by atoms with E-state index >= 15 is 0 Å². The number of hydrogen-bond acceptors (Lipinski definition) is 4. The molecule has 0 unspecified atom stereocenters. The summed E-state index contributed by atoms with van der Waals surface area (Å²) in [7, 11) is 3.38. The molecule has 23 heavy (non-hydrogen) atoms. The first-order valence-corrected chi connectivity index (χ1v) is 8.34. The van der Waals surface area contributed by atoms with E-state index in [0.717, 1.165) is 35.0 Å². The molecular formula is C19H19NO2S. The molecule has 4 heteroatoms. The van der Waals surface area contributed by atoms with Crippen LogP contribution in [0.5, 0.6) is 11.5 Å². The summed E-state index contributed by atoms with van der Waals surface area (Å²) in [5.74, 6) is 1.77. The molecule has 0 amide bonds. The molecule has 0 spiro atoms. The zero-order valence-electron chi connectivity index (χ0n) is 13.3. The molecular weight excluding hydrogens is 306 g/mol. The van der Waals surface area contributed by atoms with E-state index < -0.39 is 0 Å². The van der Waals surface area contributed by atoms with Crippen LogP contribution in [-0.4, -0.2) is 19.2 Å². The Morgan fingerprint density at radius 1 is 0.870 bits per heavy atom. The number of hydrogen-bond donors (Lipinski definition) is 0. The number of aromatic nitrogens is 1. The predicted octanol–water partition coefficient (Wildman–Crippen LogP) is 4.34. The second-order valence-corrected chi connectivity index (χ2v) is 6.23. The molecule has 3 aromatic rings. The van der Waals surface area contributed by atoms with Crippen molar-refractivity contribution in [2.24, 2.45) is 0 Å². The Bertz CT molecular complexity index is 718. The van der Waals surface area contributed by atoms with Gasteiger partial charge in [-0.1, -0.05) is 24.3 Å². The molecule has 2 aromatic carbocycles. The quantitative estimate of drug-likeness (QED) is 0.675. The molecule has 0 fully saturated rings. The summed E-state index contributed by atoms with van der Waals surface area (Å²) in [6.07, 6.45) is 1.66. The summed E-state index contributed by atoms with van der Waals surface area (Å²) in [5, 5.41) is 3.26. The second kappa shape index (κ2) is 7.29. The van der Waals surface area contributed by atoms with E-state index in [-0.39, 0.29) is 0 Å². The smallest absolute Gasteiger partial charge is 0.119 e. The third-order valence-electron chi connectivity index (χ3n) is 3.61. The maximum Gasteiger partial charge on any atom is 0.119 e. The van der Waals surface area contributed by atoms with Crippen molar-refractivity contribution in [2.45, 2.75) is 12.8 Å². The summed E-state index contributed by atoms with van der Waals surface area (Å²) in [4.78, 5) is 4.75. The zero-order chi connectivity index (χ0) is 16.1. The van der Waals surface area contributed by atoms with Gasteiger partial charge in [0.25, 0.3) is 0 Å². The maximum absolute atomic E-state index is 5.27. The van der Waals surface area contributed by atoms with Crippen molar-refractivity contribution in [2.75, 3.05) is 14.2 Å². The fourth-order valence-corrected chi connectivity index (χ4v) is 3.29. The van der Waals surface area contributed by atoms with Crippen molar-refractivity contribution < 1.29 is 9.47 Å². The Morgan fingerprint density at radius 2 is 1.48 bits per heavy atom. The third kappa shape index (κ3) is 4.11. The van der Waals surface area contributed by atoms with E-state index in [9.17, 15) is 0 Å². The molecule has 3 nitrogen and oxygen atoms in total. The van der Waals surface area contributed by atoms with Crippen LogP contribution in [0, 0.1) is 0 Å². The number of nitrogens with zero attached hydrogens (tertiary/aromatic N) is 1. The van der Waals surface area contributed by atoms with Crippen LogP contribution in [0.15, 0.2) is 53.9 Å². The van der Waals surface area contributed by atoms with Crippen LogP contribution in [0.25, 0.3) is 0 Å². The molecule has 1 heterocycles. The van der Waals surface area contributed by atoms with Gasteiger partial charge in [-0.2, -0.15) is 0 Å². The summed E-state index contributed by atoms with van der Waals surface area (Å²) < 4.78 is 10.5. The predicted molar refractivity (Wildman–Crippen MR) is 93.7 cm³/mol. The van der Waals surface area contributed by atoms with Gasteiger partial charge in [-0.25, -0.2) is 4.98 Å². The normalized spacial score (nSPS) is 10.5. The average Bonchev–Trinajstić information content (AvgIpc) is 3.02. The molecule has 0 bridgehead atoms. The molecule has 0 radical (unpaired) electrons. The van der Waals surface area contributed by atoms with Gasteiger partial charge in [0, 0.05) is 18.2 Å². The van der Waals surface area contributed by atoms with Crippen molar-refractivity contribution in [3.63, 3.8) is 0 Å². The lowest BCUT2D eigenvalue weighted by Gasteiger charge is -2.03. The minimum absolute atomic E-state index is 0.825. The number of rotatable bonds is 6. The summed E-state index contributed by atoms with van der Waals surface area (Å²) in [6, 6.07) is 16.3. The maximum atomic E-state index is 5.27. The van der Waals surface area contributed by atoms with Crippen LogP contribution < -0.4 is 9.47 Å². The monoisotopic (exact) mass is 325 g/mol. The van der Waals surface area contributed by atoms with Crippen LogP contribution in [0.2, 0.25) is 0 Å². The molecule has 0 N–H and O–H groups in total. The second-order valence-electron chi connectivity index (χ2n) is 5.29. The van der Waals surface area contributed by atoms with Crippen molar-refractivity contribution in [3.8, 4) is 11.5 Å². The Hall–Kier alpha value is -2.33. The Kier molecular flexibility index (Phi) is 4.93. The van der Waals surface area contributed by atoms with Crippen LogP contribution >= 0.6 is 11.3 Å². The summed E-state index contributed by atoms with van der Waals surface area (Å²) in [6.45, 7) is 0. The minimum atomic E-state index is 0.825. The minimum Gasteiger partial charge on any atom is -0.497 e. The van der Waals surface area contributed by atoms with Crippen molar-refractivity contribution in [3.05, 3.63) is 75.7 Å². The fourth-order valence-electron chi connectivity index (χ4n) is 2.46. The Morgan fingerprint density at radius 3 is 2.09 bits per heavy atom. The molecule has 0 saturated carbocycles. The Balaban J connectivity index is 1.70. The van der Waals surface area contributed by atoms with Gasteiger partial charge in [0.05, 0.1) is 24.9 Å². The van der Waals surface area contributed by atoms with Gasteiger partial charge in [0.1, 0.15) is 11.5 Å². The third-order valence-corrected chi connectivity index (χ3v) is 4.51. The number of ether oxygens (including phenoxy) is 2. The van der Waals surface area contributed by atoms with Crippen LogP contribution in [0.3, 0.4) is 0 Å². The van der Waals surface area contributed by atoms with Crippen LogP contribution in [0.1, 0.15) is 21.8 Å². The van der Waals surface area contributed by atoms with E-state index in [4.69, 9.17) is 14.5 Å². The fraction of sp³-hybridized carbons (Fsp3) is 0.211. The lowest BCUT2D eigenvalue weighted by Crippen LogP contribution is -1.92. The SMILES string of the molecule is COc1cccc(Cc2csc(Cc3cccc(OC)c3)n2)c1. The molecule has 0 aliphatic heterocycles. The van der Waals surface area contributed by atoms with E-state index in [1.807, 2.05) is 24.3 Å². The first-order valence-electron chi connectivity index (χ1n) is 7.46. The average molecular weight is 325 g/mol. The molecule has 0 aliphatic carbocycles. The van der Waals surface area contributed by atoms with Crippen molar-refractivity contribution >= 4 is 11.3 Å². The van der Waals surface area contributed by atoms with Gasteiger partial charge < -0.3 is 9.47 Å². The molecule has 0 aliphatic rings. The number of methoxy groups -OCH3 is 2. The van der Waals surface area contributed by atoms with E-state index in [0.29, 0.717) is 0 Å². The highest BCUT2D eigenvalue weighted by atomic mass is 32.1. The van der Waals surface area contributed by atoms with Gasteiger partial charge in [-0.15, -0.1) is 11.3 Å². The summed E-state index contributed by atoms with van der Waals surface area (Å²) >= 11 is 1.70. The van der Waals surface area contributed by atoms with E-state index in [1.165, 1.54) is 11.1 Å². The number of benzene rings is 2. The molecule has 118 valence electrons. The Labute approximate surface area is 140 Å². The number of thiazole rings is 1. The zero-order valence-corrected chi connectivity index (χ0v) is 14.1. The lowest BCUT2D eigenvalue weighted by atomic mass is 10.1. The van der Waals surface area contributed by atoms with Gasteiger partial charge in [0.15, 0.2) is 0 Å². The molecule has 0 saturated heterocycles. The van der Waals surface area contributed by atoms with Crippen molar-refractivity contribution in [1.82, 2.24) is 4.98 Å². The summed E-state index contributed by atoms with van der Waals surface area (Å²) in [5.41, 5.74) is 3.52. The largest absolute Gasteiger partial charge is 0.497 e. The molecule has 1 aromatic heterocycles. The lowest BCUT2D eigenvalue weighted by molar-refractivity contribution is 0.414. The topological polar surface area (TPSA) is 31.4 Å². The van der Waals surface area contributed by atoms with Gasteiger partial charge >= 0.3 is 0 Å². The highest BCUT2D eigenvalue weighted by molar-refractivity contribution is 7.09. The first-order chi connectivity index (χ1) is 11.3. The molecule has 0 atom stereocenters. The van der Waals surface area contributed by atoms with Gasteiger partial charge in [-0.05, 0) is 35.4 Å². The highest BCUT2D eigenvalue weighted by Gasteiger charge is 2.06. The van der Waals surface area contributed by atoms with Gasteiger partial charge in [-0.3, -0.25) is 0 Å². The standard InChI is InChI=1S/C19H19NO2S/c1-21-17-7-3-5-14(10-17)9-16-13-23-19(20-16)12-15-6-4-8-18(11-15)22-2/h3-8,10-11,13H,9,12H2,1-2H3. The van der Waals surface area contributed by atoms with Crippen LogP contribution in [0.4, 0.5) is 0 Å². The first kappa shape index (κ1) is 15.6. The van der Waals surface area contributed by atoms with E-state index in [1.54, 1.807) is 25.6 Å². The highest BCUT2D eigenvalue weighted by Crippen LogP contribution is 2.21. The van der Waals surface area contributed by atoms with Gasteiger partial charge in [0.2, 0.25) is 0 Å². The van der Waals surface area contributed by atoms with Crippen molar-refractivity contribution in [1.29, 1.82) is 0 Å². The van der Waals surface area contributed by atoms with Crippen LogP contribution in [-0.2, 0) is 12.8 Å².